The van der Waals surface area contributed by atoms with E-state index in [0.29, 0.717) is 0 Å². The summed E-state index contributed by atoms with van der Waals surface area (Å²) in [4.78, 5) is 7.44. The molecule has 0 unspecified atom stereocenters. The third-order valence-electron chi connectivity index (χ3n) is 15.5. The van der Waals surface area contributed by atoms with Crippen LogP contribution < -0.4 is 31.1 Å². The Balaban J connectivity index is 1.05. The molecule has 0 spiro atoms. The molecule has 4 heterocycles. The Morgan fingerprint density at radius 1 is 0.351 bits per heavy atom. The fourth-order valence-electron chi connectivity index (χ4n) is 11.8. The monoisotopic (exact) mass is 955 g/mol. The molecule has 12 aromatic rings. The van der Waals surface area contributed by atoms with Crippen LogP contribution in [0.5, 0.6) is 0 Å². The van der Waals surface area contributed by atoms with E-state index >= 15 is 0 Å². The van der Waals surface area contributed by atoms with Crippen LogP contribution in [0.15, 0.2) is 227 Å². The number of fused-ring (bicyclic) bond motifs is 10. The number of nitrogens with zero attached hydrogens (tertiary/aromatic N) is 3. The molecule has 2 aliphatic heterocycles. The average Bonchev–Trinajstić information content (AvgIpc) is 3.98. The number of anilines is 9. The first-order valence-corrected chi connectivity index (χ1v) is 25.8. The Hall–Kier alpha value is -8.74. The zero-order chi connectivity index (χ0) is 50.0. The molecule has 0 atom stereocenters. The van der Waals surface area contributed by atoms with Crippen LogP contribution in [0.3, 0.4) is 0 Å². The van der Waals surface area contributed by atoms with Crippen LogP contribution in [-0.2, 0) is 10.8 Å². The number of hydrogen-bond donors (Lipinski definition) is 0. The van der Waals surface area contributed by atoms with E-state index in [0.717, 1.165) is 101 Å². The maximum atomic E-state index is 6.67. The lowest BCUT2D eigenvalue weighted by Gasteiger charge is -2.45. The van der Waals surface area contributed by atoms with Crippen LogP contribution in [0, 0.1) is 0 Å². The fraction of sp³-hybridized carbons (Fsp3) is 0.118. The van der Waals surface area contributed by atoms with Crippen LogP contribution in [0.25, 0.3) is 55.0 Å². The van der Waals surface area contributed by atoms with E-state index in [1.165, 1.54) is 33.2 Å². The zero-order valence-corrected chi connectivity index (χ0v) is 42.5. The molecule has 0 radical (unpaired) electrons. The van der Waals surface area contributed by atoms with Crippen molar-refractivity contribution in [3.05, 3.63) is 230 Å². The van der Waals surface area contributed by atoms with Gasteiger partial charge in [-0.3, -0.25) is 0 Å². The Kier molecular flexibility index (Phi) is 9.75. The summed E-state index contributed by atoms with van der Waals surface area (Å²) in [6, 6.07) is 80.0. The molecule has 6 heteroatoms. The van der Waals surface area contributed by atoms with E-state index in [2.05, 4.69) is 256 Å². The molecule has 2 aromatic heterocycles. The molecule has 0 saturated carbocycles. The van der Waals surface area contributed by atoms with Crippen molar-refractivity contribution in [1.82, 2.24) is 0 Å². The van der Waals surface area contributed by atoms with Crippen molar-refractivity contribution in [2.24, 2.45) is 0 Å². The SMILES string of the molecule is CC(C)(C)c1ccc2c(c1)B1c3cc(C(C)(C)C)ccc3N(c3ccc4c(c3)oc3ccccc34)c3cc(N(c4ccccc4)c4ccccc4)cc(c31)N2c1ccc(-c2ccc3c(c2)oc2ccccc23)cc1. The minimum atomic E-state index is -0.0840. The first kappa shape index (κ1) is 44.0. The predicted octanol–water partition coefficient (Wildman–Crippen LogP) is 17.3. The maximum Gasteiger partial charge on any atom is 0.252 e. The molecular formula is C68H54BN3O2. The summed E-state index contributed by atoms with van der Waals surface area (Å²) >= 11 is 0. The molecule has 0 aliphatic carbocycles. The van der Waals surface area contributed by atoms with Gasteiger partial charge in [0.15, 0.2) is 0 Å². The van der Waals surface area contributed by atoms with Crippen molar-refractivity contribution in [2.75, 3.05) is 14.7 Å². The zero-order valence-electron chi connectivity index (χ0n) is 42.5. The van der Waals surface area contributed by atoms with Crippen molar-refractivity contribution in [2.45, 2.75) is 52.4 Å². The summed E-state index contributed by atoms with van der Waals surface area (Å²) in [6.45, 7) is 13.9. The van der Waals surface area contributed by atoms with Gasteiger partial charge in [0.2, 0.25) is 0 Å². The Morgan fingerprint density at radius 2 is 0.797 bits per heavy atom. The van der Waals surface area contributed by atoms with Gasteiger partial charge < -0.3 is 23.5 Å². The lowest BCUT2D eigenvalue weighted by atomic mass is 9.33. The van der Waals surface area contributed by atoms with E-state index in [9.17, 15) is 0 Å². The van der Waals surface area contributed by atoms with Gasteiger partial charge in [0.1, 0.15) is 22.3 Å². The normalized spacial score (nSPS) is 13.2. The molecule has 0 fully saturated rings. The van der Waals surface area contributed by atoms with Gasteiger partial charge in [-0.05, 0) is 147 Å². The van der Waals surface area contributed by atoms with Crippen LogP contribution in [0.2, 0.25) is 0 Å². The van der Waals surface area contributed by atoms with Crippen molar-refractivity contribution in [1.29, 1.82) is 0 Å². The molecule has 0 bridgehead atoms. The standard InChI is InChI=1S/C68H54BN3O2/c1-67(2,3)45-28-35-58-56(38-45)69-57-39-46(68(4,5)6)29-36-59(57)72(50-32-34-55-53-22-14-16-24-63(53)74-65(55)42-50)61-41-51(70(47-17-9-7-10-18-47)48-19-11-8-12-20-48)40-60(66(61)69)71(58)49-30-25-43(26-31-49)44-27-33-54-52-21-13-15-23-62(52)73-64(54)37-44/h7-42H,1-6H3. The van der Waals surface area contributed by atoms with E-state index < -0.39 is 0 Å². The first-order valence-electron chi connectivity index (χ1n) is 25.8. The molecular weight excluding hydrogens is 902 g/mol. The third kappa shape index (κ3) is 6.99. The molecule has 356 valence electrons. The topological polar surface area (TPSA) is 36.0 Å². The molecule has 10 aromatic carbocycles. The molecule has 5 nitrogen and oxygen atoms in total. The van der Waals surface area contributed by atoms with E-state index in [1.807, 2.05) is 18.2 Å². The minimum absolute atomic E-state index is 0.0807. The lowest BCUT2D eigenvalue weighted by Crippen LogP contribution is -2.61. The second-order valence-electron chi connectivity index (χ2n) is 22.2. The van der Waals surface area contributed by atoms with Gasteiger partial charge in [-0.2, -0.15) is 0 Å². The Bertz CT molecular complexity index is 4140. The molecule has 0 N–H and O–H groups in total. The van der Waals surface area contributed by atoms with E-state index in [1.54, 1.807) is 0 Å². The van der Waals surface area contributed by atoms with Crippen LogP contribution in [0.1, 0.15) is 52.7 Å². The third-order valence-corrected chi connectivity index (χ3v) is 15.5. The highest BCUT2D eigenvalue weighted by molar-refractivity contribution is 7.00. The van der Waals surface area contributed by atoms with Crippen LogP contribution in [0.4, 0.5) is 51.2 Å². The summed E-state index contributed by atoms with van der Waals surface area (Å²) in [5, 5.41) is 4.48. The molecule has 2 aliphatic rings. The quantitative estimate of drug-likeness (QED) is 0.155. The van der Waals surface area contributed by atoms with E-state index in [-0.39, 0.29) is 17.5 Å². The second kappa shape index (κ2) is 16.4. The van der Waals surface area contributed by atoms with Gasteiger partial charge in [0.05, 0.1) is 5.69 Å². The van der Waals surface area contributed by atoms with Crippen LogP contribution >= 0.6 is 0 Å². The summed E-state index contributed by atoms with van der Waals surface area (Å²) in [5.74, 6) is 0. The molecule has 0 saturated heterocycles. The average molecular weight is 956 g/mol. The molecule has 74 heavy (non-hydrogen) atoms. The van der Waals surface area contributed by atoms with Gasteiger partial charge in [0, 0.05) is 73.1 Å². The Labute approximate surface area is 432 Å². The number of para-hydroxylation sites is 4. The van der Waals surface area contributed by atoms with Gasteiger partial charge in [-0.1, -0.05) is 157 Å². The van der Waals surface area contributed by atoms with Gasteiger partial charge in [0.25, 0.3) is 6.71 Å². The fourth-order valence-corrected chi connectivity index (χ4v) is 11.8. The van der Waals surface area contributed by atoms with Gasteiger partial charge >= 0.3 is 0 Å². The lowest BCUT2D eigenvalue weighted by molar-refractivity contribution is 0.590. The van der Waals surface area contributed by atoms with Gasteiger partial charge in [-0.25, -0.2) is 0 Å². The van der Waals surface area contributed by atoms with Crippen molar-refractivity contribution < 1.29 is 8.83 Å². The highest BCUT2D eigenvalue weighted by Gasteiger charge is 2.45. The van der Waals surface area contributed by atoms with E-state index in [4.69, 9.17) is 8.83 Å². The van der Waals surface area contributed by atoms with Gasteiger partial charge in [-0.15, -0.1) is 0 Å². The number of benzene rings is 10. The second-order valence-corrected chi connectivity index (χ2v) is 22.2. The molecule has 14 rings (SSSR count). The highest BCUT2D eigenvalue weighted by Crippen LogP contribution is 2.50. The maximum absolute atomic E-state index is 6.67. The van der Waals surface area contributed by atoms with Crippen LogP contribution in [-0.4, -0.2) is 6.71 Å². The predicted molar refractivity (Wildman–Crippen MR) is 313 cm³/mol. The first-order chi connectivity index (χ1) is 35.9. The Morgan fingerprint density at radius 3 is 1.34 bits per heavy atom. The minimum Gasteiger partial charge on any atom is -0.456 e. The number of hydrogen-bond acceptors (Lipinski definition) is 5. The number of rotatable bonds is 6. The number of furan rings is 2. The summed E-state index contributed by atoms with van der Waals surface area (Å²) in [6.07, 6.45) is 0. The summed E-state index contributed by atoms with van der Waals surface area (Å²) in [5.41, 5.74) is 22.0. The van der Waals surface area contributed by atoms with Crippen molar-refractivity contribution in [3.8, 4) is 11.1 Å². The largest absolute Gasteiger partial charge is 0.456 e. The smallest absolute Gasteiger partial charge is 0.252 e. The molecule has 0 amide bonds. The van der Waals surface area contributed by atoms with Crippen molar-refractivity contribution in [3.63, 3.8) is 0 Å². The summed E-state index contributed by atoms with van der Waals surface area (Å²) in [7, 11) is 0. The highest BCUT2D eigenvalue weighted by atomic mass is 16.3. The van der Waals surface area contributed by atoms with Crippen molar-refractivity contribution >= 4 is 118 Å². The summed E-state index contributed by atoms with van der Waals surface area (Å²) < 4.78 is 13.1.